The second kappa shape index (κ2) is 5.00. The van der Waals surface area contributed by atoms with Gasteiger partial charge in [0.1, 0.15) is 0 Å². The lowest BCUT2D eigenvalue weighted by atomic mass is 9.98. The Kier molecular flexibility index (Phi) is 3.42. The molecule has 92 valence electrons. The van der Waals surface area contributed by atoms with Crippen LogP contribution >= 0.6 is 0 Å². The third-order valence-corrected chi connectivity index (χ3v) is 2.76. The molecule has 0 aromatic heterocycles. The molecular weight excluding hydrogens is 228 g/mol. The smallest absolute Gasteiger partial charge is 0.303 e. The minimum atomic E-state index is -0.825. The number of carbonyl (C=O) groups is 2. The molecule has 3 heteroatoms. The summed E-state index contributed by atoms with van der Waals surface area (Å²) >= 11 is 0. The van der Waals surface area contributed by atoms with E-state index in [2.05, 4.69) is 0 Å². The van der Waals surface area contributed by atoms with E-state index in [-0.39, 0.29) is 5.78 Å². The molecule has 0 spiro atoms. The molecule has 0 bridgehead atoms. The molecule has 3 nitrogen and oxygen atoms in total. The van der Waals surface area contributed by atoms with E-state index in [0.29, 0.717) is 0 Å². The normalized spacial score (nSPS) is 12.1. The van der Waals surface area contributed by atoms with Gasteiger partial charge in [-0.05, 0) is 17.7 Å². The molecule has 0 fully saturated rings. The van der Waals surface area contributed by atoms with Gasteiger partial charge >= 0.3 is 5.97 Å². The molecule has 0 aliphatic carbocycles. The van der Waals surface area contributed by atoms with Crippen LogP contribution in [-0.4, -0.2) is 11.8 Å². The summed E-state index contributed by atoms with van der Waals surface area (Å²) in [6.07, 6.45) is -0.825. The summed E-state index contributed by atoms with van der Waals surface area (Å²) in [5, 5.41) is 1.95. The predicted molar refractivity (Wildman–Crippen MR) is 69.1 cm³/mol. The highest BCUT2D eigenvalue weighted by Crippen LogP contribution is 2.27. The van der Waals surface area contributed by atoms with Gasteiger partial charge in [0, 0.05) is 12.5 Å². The van der Waals surface area contributed by atoms with Gasteiger partial charge in [0.25, 0.3) is 0 Å². The van der Waals surface area contributed by atoms with Crippen LogP contribution < -0.4 is 0 Å². The Morgan fingerprint density at radius 1 is 1.00 bits per heavy atom. The van der Waals surface area contributed by atoms with Crippen molar-refractivity contribution in [1.82, 2.24) is 0 Å². The second-order valence-electron chi connectivity index (χ2n) is 4.17. The van der Waals surface area contributed by atoms with Crippen LogP contribution in [-0.2, 0) is 14.3 Å². The fourth-order valence-corrected chi connectivity index (χ4v) is 2.01. The molecule has 2 aromatic rings. The number of Topliss-reactive ketones (excluding diaryl/α,β-unsaturated/α-hetero) is 1. The Hall–Kier alpha value is -2.16. The Bertz CT molecular complexity index is 596. The minimum absolute atomic E-state index is 0.179. The Morgan fingerprint density at radius 2 is 1.67 bits per heavy atom. The number of ether oxygens (including phenoxy) is 1. The van der Waals surface area contributed by atoms with E-state index in [1.165, 1.54) is 13.8 Å². The van der Waals surface area contributed by atoms with Gasteiger partial charge in [-0.2, -0.15) is 0 Å². The first-order chi connectivity index (χ1) is 8.59. The van der Waals surface area contributed by atoms with Crippen molar-refractivity contribution in [1.29, 1.82) is 0 Å². The lowest BCUT2D eigenvalue weighted by molar-refractivity contribution is -0.152. The fourth-order valence-electron chi connectivity index (χ4n) is 2.01. The molecule has 18 heavy (non-hydrogen) atoms. The van der Waals surface area contributed by atoms with Gasteiger partial charge < -0.3 is 4.74 Å². The summed E-state index contributed by atoms with van der Waals surface area (Å²) in [4.78, 5) is 22.7. The molecule has 0 aliphatic rings. The van der Waals surface area contributed by atoms with E-state index >= 15 is 0 Å². The lowest BCUT2D eigenvalue weighted by Gasteiger charge is -2.16. The van der Waals surface area contributed by atoms with Crippen LogP contribution in [0.25, 0.3) is 10.8 Å². The Labute approximate surface area is 105 Å². The highest BCUT2D eigenvalue weighted by Gasteiger charge is 2.21. The Morgan fingerprint density at radius 3 is 2.33 bits per heavy atom. The van der Waals surface area contributed by atoms with E-state index in [1.54, 1.807) is 0 Å². The van der Waals surface area contributed by atoms with Gasteiger partial charge in [-0.3, -0.25) is 9.59 Å². The Balaban J connectivity index is 2.57. The summed E-state index contributed by atoms with van der Waals surface area (Å²) < 4.78 is 5.12. The van der Waals surface area contributed by atoms with Gasteiger partial charge in [0.2, 0.25) is 0 Å². The highest BCUT2D eigenvalue weighted by molar-refractivity contribution is 5.93. The van der Waals surface area contributed by atoms with Crippen molar-refractivity contribution in [2.75, 3.05) is 0 Å². The third kappa shape index (κ3) is 2.40. The molecule has 0 aliphatic heterocycles. The van der Waals surface area contributed by atoms with Crippen molar-refractivity contribution in [2.24, 2.45) is 0 Å². The van der Waals surface area contributed by atoms with Crippen molar-refractivity contribution in [3.8, 4) is 0 Å². The van der Waals surface area contributed by atoms with Crippen molar-refractivity contribution < 1.29 is 14.3 Å². The zero-order valence-electron chi connectivity index (χ0n) is 10.3. The van der Waals surface area contributed by atoms with Gasteiger partial charge in [-0.25, -0.2) is 0 Å². The third-order valence-electron chi connectivity index (χ3n) is 2.76. The van der Waals surface area contributed by atoms with Gasteiger partial charge in [0.05, 0.1) is 0 Å². The summed E-state index contributed by atoms with van der Waals surface area (Å²) in [6, 6.07) is 13.4. The average molecular weight is 242 g/mol. The molecule has 0 N–H and O–H groups in total. The molecule has 0 saturated carbocycles. The summed E-state index contributed by atoms with van der Waals surface area (Å²) in [6.45, 7) is 2.73. The number of ketones is 1. The number of rotatable bonds is 3. The number of fused-ring (bicyclic) bond motifs is 1. The maximum absolute atomic E-state index is 11.6. The van der Waals surface area contributed by atoms with Crippen LogP contribution in [0.1, 0.15) is 25.5 Å². The number of hydrogen-bond donors (Lipinski definition) is 0. The summed E-state index contributed by atoms with van der Waals surface area (Å²) in [5.41, 5.74) is 0.732. The number of benzene rings is 2. The maximum atomic E-state index is 11.6. The first kappa shape index (κ1) is 12.3. The van der Waals surface area contributed by atoms with E-state index < -0.39 is 12.1 Å². The number of esters is 1. The summed E-state index contributed by atoms with van der Waals surface area (Å²) in [7, 11) is 0. The first-order valence-electron chi connectivity index (χ1n) is 5.75. The van der Waals surface area contributed by atoms with Crippen LogP contribution in [0.15, 0.2) is 42.5 Å². The zero-order valence-corrected chi connectivity index (χ0v) is 10.3. The van der Waals surface area contributed by atoms with E-state index in [1.807, 2.05) is 42.5 Å². The van der Waals surface area contributed by atoms with Crippen molar-refractivity contribution in [3.05, 3.63) is 48.0 Å². The van der Waals surface area contributed by atoms with Crippen LogP contribution in [0, 0.1) is 0 Å². The SMILES string of the molecule is CC(=O)OC(C(C)=O)c1cccc2ccccc12. The molecule has 1 atom stereocenters. The van der Waals surface area contributed by atoms with Crippen molar-refractivity contribution in [2.45, 2.75) is 20.0 Å². The summed E-state index contributed by atoms with van der Waals surface area (Å²) in [5.74, 6) is -0.635. The van der Waals surface area contributed by atoms with E-state index in [9.17, 15) is 9.59 Å². The van der Waals surface area contributed by atoms with E-state index in [4.69, 9.17) is 4.74 Å². The molecule has 0 saturated heterocycles. The maximum Gasteiger partial charge on any atom is 0.303 e. The fraction of sp³-hybridized carbons (Fsp3) is 0.200. The minimum Gasteiger partial charge on any atom is -0.450 e. The molecule has 2 rings (SSSR count). The molecule has 0 amide bonds. The topological polar surface area (TPSA) is 43.4 Å². The van der Waals surface area contributed by atoms with Crippen LogP contribution in [0.5, 0.6) is 0 Å². The molecule has 1 unspecified atom stereocenters. The zero-order chi connectivity index (χ0) is 13.1. The van der Waals surface area contributed by atoms with Crippen molar-refractivity contribution in [3.63, 3.8) is 0 Å². The highest BCUT2D eigenvalue weighted by atomic mass is 16.5. The van der Waals surface area contributed by atoms with Gasteiger partial charge in [-0.1, -0.05) is 42.5 Å². The first-order valence-corrected chi connectivity index (χ1v) is 5.75. The van der Waals surface area contributed by atoms with E-state index in [0.717, 1.165) is 16.3 Å². The second-order valence-corrected chi connectivity index (χ2v) is 4.17. The molecular formula is C15H14O3. The number of carbonyl (C=O) groups excluding carboxylic acids is 2. The standard InChI is InChI=1S/C15H14O3/c1-10(16)15(18-11(2)17)14-9-5-7-12-6-3-4-8-13(12)14/h3-9,15H,1-2H3. The predicted octanol–water partition coefficient (Wildman–Crippen LogP) is 3.03. The largest absolute Gasteiger partial charge is 0.450 e. The molecule has 0 heterocycles. The van der Waals surface area contributed by atoms with Crippen LogP contribution in [0.3, 0.4) is 0 Å². The molecule has 0 radical (unpaired) electrons. The van der Waals surface area contributed by atoms with Gasteiger partial charge in [0.15, 0.2) is 11.9 Å². The van der Waals surface area contributed by atoms with Gasteiger partial charge in [-0.15, -0.1) is 0 Å². The van der Waals surface area contributed by atoms with Crippen molar-refractivity contribution >= 4 is 22.5 Å². The quantitative estimate of drug-likeness (QED) is 0.777. The average Bonchev–Trinajstić information content (AvgIpc) is 2.35. The monoisotopic (exact) mass is 242 g/mol. The van der Waals surface area contributed by atoms with Crippen LogP contribution in [0.2, 0.25) is 0 Å². The van der Waals surface area contributed by atoms with Crippen LogP contribution in [0.4, 0.5) is 0 Å². The molecule has 2 aromatic carbocycles. The lowest BCUT2D eigenvalue weighted by Crippen LogP contribution is -2.16. The number of hydrogen-bond acceptors (Lipinski definition) is 3.